The Hall–Kier alpha value is -4.79. The second-order valence-electron chi connectivity index (χ2n) is 12.9. The predicted molar refractivity (Wildman–Crippen MR) is 170 cm³/mol. The van der Waals surface area contributed by atoms with Gasteiger partial charge in [-0.1, -0.05) is 18.2 Å². The second-order valence-corrected chi connectivity index (χ2v) is 12.9. The van der Waals surface area contributed by atoms with Gasteiger partial charge in [0.25, 0.3) is 0 Å². The number of piperidine rings is 1. The number of carbonyl (C=O) groups excluding carboxylic acids is 2. The summed E-state index contributed by atoms with van der Waals surface area (Å²) in [4.78, 5) is 35.0. The molecule has 0 aliphatic carbocycles. The van der Waals surface area contributed by atoms with Crippen LogP contribution in [-0.4, -0.2) is 66.8 Å². The molecule has 9 nitrogen and oxygen atoms in total. The largest absolute Gasteiger partial charge is 0.496 e. The number of methoxy groups -OCH3 is 1. The van der Waals surface area contributed by atoms with E-state index in [0.717, 1.165) is 24.1 Å². The van der Waals surface area contributed by atoms with Gasteiger partial charge < -0.3 is 24.6 Å². The maximum atomic E-state index is 14.2. The molecule has 2 amide bonds. The zero-order valence-corrected chi connectivity index (χ0v) is 26.9. The molecule has 0 radical (unpaired) electrons. The highest BCUT2D eigenvalue weighted by Gasteiger charge is 2.45. The Kier molecular flexibility index (Phi) is 9.39. The Balaban J connectivity index is 1.39. The van der Waals surface area contributed by atoms with Crippen LogP contribution in [0.1, 0.15) is 56.7 Å². The third kappa shape index (κ3) is 7.14. The minimum atomic E-state index is -4.57. The highest BCUT2D eigenvalue weighted by molar-refractivity contribution is 5.89. The van der Waals surface area contributed by atoms with E-state index in [1.54, 1.807) is 39.0 Å². The molecule has 1 N–H and O–H groups in total. The van der Waals surface area contributed by atoms with Crippen molar-refractivity contribution in [3.63, 3.8) is 0 Å². The van der Waals surface area contributed by atoms with Crippen LogP contribution in [0.5, 0.6) is 5.75 Å². The fourth-order valence-corrected chi connectivity index (χ4v) is 6.14. The first kappa shape index (κ1) is 33.6. The summed E-state index contributed by atoms with van der Waals surface area (Å²) in [5.74, 6) is 0.432. The fourth-order valence-electron chi connectivity index (χ4n) is 6.14. The van der Waals surface area contributed by atoms with Crippen LogP contribution in [0.15, 0.2) is 60.8 Å². The Morgan fingerprint density at radius 2 is 1.79 bits per heavy atom. The van der Waals surface area contributed by atoms with Crippen LogP contribution in [0.2, 0.25) is 0 Å². The quantitative estimate of drug-likeness (QED) is 0.320. The molecule has 1 atom stereocenters. The van der Waals surface area contributed by atoms with Crippen molar-refractivity contribution >= 4 is 17.7 Å². The number of pyridine rings is 1. The summed E-state index contributed by atoms with van der Waals surface area (Å²) in [7, 11) is 1.58. The van der Waals surface area contributed by atoms with Crippen molar-refractivity contribution in [2.75, 3.05) is 38.2 Å². The van der Waals surface area contributed by atoms with Crippen LogP contribution in [0.4, 0.5) is 23.7 Å². The van der Waals surface area contributed by atoms with Crippen molar-refractivity contribution in [3.05, 3.63) is 77.5 Å². The van der Waals surface area contributed by atoms with Crippen molar-refractivity contribution in [3.8, 4) is 23.1 Å². The number of benzene rings is 2. The van der Waals surface area contributed by atoms with E-state index < -0.39 is 28.8 Å². The number of nitrogens with one attached hydrogen (secondary N) is 1. The van der Waals surface area contributed by atoms with Crippen molar-refractivity contribution in [1.82, 2.24) is 15.2 Å². The minimum Gasteiger partial charge on any atom is -0.496 e. The number of nitrogens with zero attached hydrogens (tertiary/aromatic N) is 4. The molecular weight excluding hydrogens is 611 g/mol. The van der Waals surface area contributed by atoms with E-state index in [9.17, 15) is 28.0 Å². The molecule has 0 saturated carbocycles. The summed E-state index contributed by atoms with van der Waals surface area (Å²) in [5.41, 5.74) is -0.0611. The summed E-state index contributed by atoms with van der Waals surface area (Å²) in [6.45, 7) is 6.81. The van der Waals surface area contributed by atoms with Crippen molar-refractivity contribution < 1.29 is 32.2 Å². The first-order valence-electron chi connectivity index (χ1n) is 15.5. The number of likely N-dealkylation sites (tertiary alicyclic amines) is 1. The van der Waals surface area contributed by atoms with E-state index in [1.165, 1.54) is 6.07 Å². The Morgan fingerprint density at radius 1 is 1.06 bits per heavy atom. The number of hydrogen-bond acceptors (Lipinski definition) is 7. The SMILES string of the molecule is COc1ccccc1-c1ccc(C2(C(=O)NC[C@@H]3CCN3C(=O)OC(C)(C)C)CCN(c3ccc(C(F)(F)F)cc3C#N)CC2)cn1. The van der Waals surface area contributed by atoms with Gasteiger partial charge in [-0.3, -0.25) is 9.78 Å². The summed E-state index contributed by atoms with van der Waals surface area (Å²) in [6.07, 6.45) is -1.94. The Morgan fingerprint density at radius 3 is 2.36 bits per heavy atom. The molecular formula is C35H38F3N5O4. The molecule has 2 fully saturated rings. The molecule has 2 aromatic carbocycles. The van der Waals surface area contributed by atoms with Crippen molar-refractivity contribution in [2.45, 2.75) is 63.3 Å². The second kappa shape index (κ2) is 13.1. The van der Waals surface area contributed by atoms with Crippen LogP contribution in [0.3, 0.4) is 0 Å². The molecule has 248 valence electrons. The van der Waals surface area contributed by atoms with E-state index in [0.29, 0.717) is 55.2 Å². The highest BCUT2D eigenvalue weighted by atomic mass is 19.4. The standard InChI is InChI=1S/C35H38F3N5O4/c1-33(2,3)47-32(45)43-16-13-26(43)22-41-31(44)34(25-9-11-28(40-21-25)27-7-5-6-8-30(27)46-4)14-17-42(18-15-34)29-12-10-24(35(36,37)38)19-23(29)20-39/h5-12,19,21,26H,13-18,22H2,1-4H3,(H,41,44)/t26-/m0/s1. The number of ether oxygens (including phenoxy) is 2. The lowest BCUT2D eigenvalue weighted by Crippen LogP contribution is -2.59. The van der Waals surface area contributed by atoms with Crippen LogP contribution in [-0.2, 0) is 21.1 Å². The number of nitriles is 1. The molecule has 2 aliphatic heterocycles. The summed E-state index contributed by atoms with van der Waals surface area (Å²) < 4.78 is 51.0. The average Bonchev–Trinajstić information content (AvgIpc) is 3.02. The maximum absolute atomic E-state index is 14.2. The number of amides is 2. The topological polar surface area (TPSA) is 108 Å². The van der Waals surface area contributed by atoms with Gasteiger partial charge in [0.05, 0.1) is 41.1 Å². The molecule has 47 heavy (non-hydrogen) atoms. The average molecular weight is 650 g/mol. The predicted octanol–water partition coefficient (Wildman–Crippen LogP) is 6.31. The van der Waals surface area contributed by atoms with Gasteiger partial charge in [0, 0.05) is 37.9 Å². The first-order valence-corrected chi connectivity index (χ1v) is 15.5. The number of para-hydroxylation sites is 1. The Bertz CT molecular complexity index is 1660. The van der Waals surface area contributed by atoms with E-state index >= 15 is 0 Å². The number of halogens is 3. The van der Waals surface area contributed by atoms with Crippen LogP contribution in [0.25, 0.3) is 11.3 Å². The highest BCUT2D eigenvalue weighted by Crippen LogP contribution is 2.40. The van der Waals surface area contributed by atoms with Crippen LogP contribution < -0.4 is 15.0 Å². The fraction of sp³-hybridized carbons (Fsp3) is 0.429. The number of carbonyl (C=O) groups is 2. The summed E-state index contributed by atoms with van der Waals surface area (Å²) in [5, 5.41) is 12.8. The zero-order chi connectivity index (χ0) is 34.0. The molecule has 0 unspecified atom stereocenters. The lowest BCUT2D eigenvalue weighted by atomic mass is 9.72. The van der Waals surface area contributed by atoms with E-state index in [2.05, 4.69) is 5.32 Å². The number of aromatic nitrogens is 1. The summed E-state index contributed by atoms with van der Waals surface area (Å²) >= 11 is 0. The zero-order valence-electron chi connectivity index (χ0n) is 26.9. The molecule has 2 aliphatic rings. The van der Waals surface area contributed by atoms with Gasteiger partial charge >= 0.3 is 12.3 Å². The molecule has 0 bridgehead atoms. The molecule has 5 rings (SSSR count). The lowest BCUT2D eigenvalue weighted by molar-refractivity contribution is -0.137. The third-order valence-corrected chi connectivity index (χ3v) is 8.81. The van der Waals surface area contributed by atoms with E-state index in [-0.39, 0.29) is 24.1 Å². The van der Waals surface area contributed by atoms with Crippen molar-refractivity contribution in [2.24, 2.45) is 0 Å². The molecule has 12 heteroatoms. The van der Waals surface area contributed by atoms with Crippen molar-refractivity contribution in [1.29, 1.82) is 5.26 Å². The Labute approximate surface area is 272 Å². The summed E-state index contributed by atoms with van der Waals surface area (Å²) in [6, 6.07) is 16.1. The first-order chi connectivity index (χ1) is 22.3. The van der Waals surface area contributed by atoms with Crippen LogP contribution in [0, 0.1) is 11.3 Å². The van der Waals surface area contributed by atoms with E-state index in [1.807, 2.05) is 47.4 Å². The third-order valence-electron chi connectivity index (χ3n) is 8.81. The minimum absolute atomic E-state index is 0.0770. The molecule has 0 spiro atoms. The molecule has 2 saturated heterocycles. The van der Waals surface area contributed by atoms with E-state index in [4.69, 9.17) is 14.5 Å². The number of rotatable bonds is 7. The number of hydrogen-bond donors (Lipinski definition) is 1. The normalized spacial score (nSPS) is 17.7. The van der Waals surface area contributed by atoms with Gasteiger partial charge in [0.2, 0.25) is 5.91 Å². The number of alkyl halides is 3. The smallest absolute Gasteiger partial charge is 0.416 e. The van der Waals surface area contributed by atoms with Gasteiger partial charge in [-0.05, 0) is 82.0 Å². The van der Waals surface area contributed by atoms with Gasteiger partial charge in [-0.25, -0.2) is 4.79 Å². The molecule has 1 aromatic heterocycles. The molecule has 3 aromatic rings. The van der Waals surface area contributed by atoms with Crippen LogP contribution >= 0.6 is 0 Å². The van der Waals surface area contributed by atoms with Gasteiger partial charge in [0.1, 0.15) is 17.4 Å². The lowest BCUT2D eigenvalue weighted by Gasteiger charge is -2.44. The van der Waals surface area contributed by atoms with Gasteiger partial charge in [-0.2, -0.15) is 18.4 Å². The maximum Gasteiger partial charge on any atom is 0.416 e. The monoisotopic (exact) mass is 649 g/mol. The number of anilines is 1. The molecule has 3 heterocycles. The van der Waals surface area contributed by atoms with Gasteiger partial charge in [0.15, 0.2) is 0 Å². The van der Waals surface area contributed by atoms with Gasteiger partial charge in [-0.15, -0.1) is 0 Å².